The fourth-order valence-corrected chi connectivity index (χ4v) is 2.79. The second-order valence-electron chi connectivity index (χ2n) is 6.71. The van der Waals surface area contributed by atoms with E-state index in [2.05, 4.69) is 58.0 Å². The largest absolute Gasteiger partial charge is 0.392 e. The van der Waals surface area contributed by atoms with Gasteiger partial charge in [0.25, 0.3) is 0 Å². The van der Waals surface area contributed by atoms with Crippen LogP contribution in [0.25, 0.3) is 5.57 Å². The van der Waals surface area contributed by atoms with E-state index in [-0.39, 0.29) is 12.0 Å². The van der Waals surface area contributed by atoms with Crippen molar-refractivity contribution in [1.82, 2.24) is 0 Å². The lowest BCUT2D eigenvalue weighted by atomic mass is 9.85. The Morgan fingerprint density at radius 1 is 1.20 bits per heavy atom. The fraction of sp³-hybridized carbons (Fsp3) is 0.474. The van der Waals surface area contributed by atoms with E-state index in [0.29, 0.717) is 0 Å². The zero-order chi connectivity index (χ0) is 14.8. The molecule has 1 nitrogen and oxygen atoms in total. The van der Waals surface area contributed by atoms with E-state index in [4.69, 9.17) is 0 Å². The van der Waals surface area contributed by atoms with Gasteiger partial charge in [0.05, 0.1) is 6.61 Å². The molecule has 1 aromatic carbocycles. The van der Waals surface area contributed by atoms with Crippen molar-refractivity contribution in [3.05, 3.63) is 52.6 Å². The highest BCUT2D eigenvalue weighted by Gasteiger charge is 2.18. The molecular weight excluding hydrogens is 244 g/mol. The SMILES string of the molecule is CCCC1=C(CO)C=C(c2cccc(C(C)(C)C)c2)C1. The van der Waals surface area contributed by atoms with Crippen LogP contribution in [0.3, 0.4) is 0 Å². The minimum Gasteiger partial charge on any atom is -0.392 e. The van der Waals surface area contributed by atoms with Gasteiger partial charge in [0, 0.05) is 0 Å². The Morgan fingerprint density at radius 2 is 1.95 bits per heavy atom. The average Bonchev–Trinajstić information content (AvgIpc) is 2.82. The first kappa shape index (κ1) is 15.1. The summed E-state index contributed by atoms with van der Waals surface area (Å²) in [5, 5.41) is 9.51. The predicted molar refractivity (Wildman–Crippen MR) is 86.8 cm³/mol. The first-order chi connectivity index (χ1) is 9.45. The summed E-state index contributed by atoms with van der Waals surface area (Å²) >= 11 is 0. The van der Waals surface area contributed by atoms with Gasteiger partial charge in [0.15, 0.2) is 0 Å². The van der Waals surface area contributed by atoms with E-state index < -0.39 is 0 Å². The minimum atomic E-state index is 0.164. The summed E-state index contributed by atoms with van der Waals surface area (Å²) in [5.41, 5.74) is 6.73. The van der Waals surface area contributed by atoms with E-state index in [9.17, 15) is 5.11 Å². The first-order valence-corrected chi connectivity index (χ1v) is 7.59. The summed E-state index contributed by atoms with van der Waals surface area (Å²) in [7, 11) is 0. The number of aliphatic hydroxyl groups is 1. The van der Waals surface area contributed by atoms with Crippen LogP contribution in [0.5, 0.6) is 0 Å². The maximum Gasteiger partial charge on any atom is 0.0681 e. The van der Waals surface area contributed by atoms with Crippen LogP contribution < -0.4 is 0 Å². The van der Waals surface area contributed by atoms with Gasteiger partial charge >= 0.3 is 0 Å². The summed E-state index contributed by atoms with van der Waals surface area (Å²) in [4.78, 5) is 0. The van der Waals surface area contributed by atoms with Crippen LogP contribution in [0.1, 0.15) is 58.1 Å². The molecule has 0 bridgehead atoms. The molecule has 0 unspecified atom stereocenters. The maximum atomic E-state index is 9.51. The zero-order valence-corrected chi connectivity index (χ0v) is 13.2. The molecule has 0 radical (unpaired) electrons. The van der Waals surface area contributed by atoms with E-state index in [1.807, 2.05) is 0 Å². The molecule has 0 fully saturated rings. The van der Waals surface area contributed by atoms with Gasteiger partial charge in [-0.05, 0) is 40.5 Å². The molecule has 1 N–H and O–H groups in total. The Labute approximate surface area is 123 Å². The summed E-state index contributed by atoms with van der Waals surface area (Å²) < 4.78 is 0. The smallest absolute Gasteiger partial charge is 0.0681 e. The second-order valence-corrected chi connectivity index (χ2v) is 6.71. The predicted octanol–water partition coefficient (Wildman–Crippen LogP) is 4.86. The molecule has 0 atom stereocenters. The first-order valence-electron chi connectivity index (χ1n) is 7.59. The van der Waals surface area contributed by atoms with E-state index in [1.54, 1.807) is 0 Å². The van der Waals surface area contributed by atoms with Crippen LogP contribution in [0.15, 0.2) is 41.5 Å². The molecule has 0 heterocycles. The number of aliphatic hydroxyl groups excluding tert-OH is 1. The van der Waals surface area contributed by atoms with Crippen LogP contribution in [0.4, 0.5) is 0 Å². The molecule has 0 saturated heterocycles. The van der Waals surface area contributed by atoms with Crippen molar-refractivity contribution < 1.29 is 5.11 Å². The molecule has 0 saturated carbocycles. The van der Waals surface area contributed by atoms with Gasteiger partial charge in [-0.1, -0.05) is 70.0 Å². The Morgan fingerprint density at radius 3 is 2.55 bits per heavy atom. The minimum absolute atomic E-state index is 0.164. The van der Waals surface area contributed by atoms with Gasteiger partial charge < -0.3 is 5.11 Å². The lowest BCUT2D eigenvalue weighted by molar-refractivity contribution is 0.334. The third kappa shape index (κ3) is 3.21. The van der Waals surface area contributed by atoms with Crippen molar-refractivity contribution in [3.63, 3.8) is 0 Å². The summed E-state index contributed by atoms with van der Waals surface area (Å²) in [6.07, 6.45) is 5.42. The van der Waals surface area contributed by atoms with E-state index in [1.165, 1.54) is 22.3 Å². The van der Waals surface area contributed by atoms with Crippen molar-refractivity contribution in [1.29, 1.82) is 0 Å². The number of allylic oxidation sites excluding steroid dienone is 2. The van der Waals surface area contributed by atoms with Crippen molar-refractivity contribution in [3.8, 4) is 0 Å². The number of rotatable bonds is 4. The molecule has 0 aliphatic heterocycles. The molecule has 1 aromatic rings. The molecule has 0 amide bonds. The van der Waals surface area contributed by atoms with Gasteiger partial charge in [-0.25, -0.2) is 0 Å². The lowest BCUT2D eigenvalue weighted by Gasteiger charge is -2.20. The molecule has 20 heavy (non-hydrogen) atoms. The van der Waals surface area contributed by atoms with E-state index in [0.717, 1.165) is 24.8 Å². The lowest BCUT2D eigenvalue weighted by Crippen LogP contribution is -2.11. The molecule has 1 aliphatic carbocycles. The monoisotopic (exact) mass is 270 g/mol. The van der Waals surface area contributed by atoms with Crippen molar-refractivity contribution >= 4 is 5.57 Å². The highest BCUT2D eigenvalue weighted by Crippen LogP contribution is 2.35. The molecule has 1 heteroatoms. The van der Waals surface area contributed by atoms with Crippen molar-refractivity contribution in [2.24, 2.45) is 0 Å². The third-order valence-corrected chi connectivity index (χ3v) is 4.03. The van der Waals surface area contributed by atoms with Crippen molar-refractivity contribution in [2.45, 2.75) is 52.4 Å². The molecular formula is C19H26O. The number of hydrogen-bond acceptors (Lipinski definition) is 1. The zero-order valence-electron chi connectivity index (χ0n) is 13.2. The number of hydrogen-bond donors (Lipinski definition) is 1. The van der Waals surface area contributed by atoms with Crippen LogP contribution in [-0.2, 0) is 5.41 Å². The van der Waals surface area contributed by atoms with Gasteiger partial charge in [0.1, 0.15) is 0 Å². The van der Waals surface area contributed by atoms with Crippen LogP contribution >= 0.6 is 0 Å². The quantitative estimate of drug-likeness (QED) is 0.828. The van der Waals surface area contributed by atoms with Crippen molar-refractivity contribution in [2.75, 3.05) is 6.61 Å². The van der Waals surface area contributed by atoms with E-state index >= 15 is 0 Å². The molecule has 1 aliphatic rings. The molecule has 0 spiro atoms. The summed E-state index contributed by atoms with van der Waals surface area (Å²) in [6, 6.07) is 8.83. The Balaban J connectivity index is 2.27. The number of benzene rings is 1. The normalized spacial score (nSPS) is 15.8. The highest BCUT2D eigenvalue weighted by molar-refractivity contribution is 5.75. The van der Waals surface area contributed by atoms with Crippen LogP contribution in [0, 0.1) is 0 Å². The summed E-state index contributed by atoms with van der Waals surface area (Å²) in [5.74, 6) is 0. The average molecular weight is 270 g/mol. The highest BCUT2D eigenvalue weighted by atomic mass is 16.3. The summed E-state index contributed by atoms with van der Waals surface area (Å²) in [6.45, 7) is 9.09. The van der Waals surface area contributed by atoms with Gasteiger partial charge in [-0.3, -0.25) is 0 Å². The molecule has 2 rings (SSSR count). The molecule has 0 aromatic heterocycles. The Bertz CT molecular complexity index is 541. The molecule has 108 valence electrons. The fourth-order valence-electron chi connectivity index (χ4n) is 2.79. The van der Waals surface area contributed by atoms with Gasteiger partial charge in [-0.2, -0.15) is 0 Å². The Kier molecular flexibility index (Phi) is 4.49. The van der Waals surface area contributed by atoms with Crippen LogP contribution in [-0.4, -0.2) is 11.7 Å². The standard InChI is InChI=1S/C19H26O/c1-5-7-14-10-16(11-17(14)13-20)15-8-6-9-18(12-15)19(2,3)4/h6,8-9,11-12,20H,5,7,10,13H2,1-4H3. The Hall–Kier alpha value is -1.34. The maximum absolute atomic E-state index is 9.51. The van der Waals surface area contributed by atoms with Crippen LogP contribution in [0.2, 0.25) is 0 Å². The van der Waals surface area contributed by atoms with Gasteiger partial charge in [0.2, 0.25) is 0 Å². The topological polar surface area (TPSA) is 20.2 Å². The van der Waals surface area contributed by atoms with Gasteiger partial charge in [-0.15, -0.1) is 0 Å². The third-order valence-electron chi connectivity index (χ3n) is 4.03. The second kappa shape index (κ2) is 5.97.